The van der Waals surface area contributed by atoms with E-state index in [0.29, 0.717) is 6.54 Å². The molecule has 12 heavy (non-hydrogen) atoms. The zero-order valence-electron chi connectivity index (χ0n) is 7.54. The molecule has 0 rings (SSSR count). The minimum atomic E-state index is 0.0257. The SMILES string of the molecule is CCCCCCC(Cl)CN=[N+]=[N-]. The summed E-state index contributed by atoms with van der Waals surface area (Å²) in [6.07, 6.45) is 5.84. The van der Waals surface area contributed by atoms with Crippen LogP contribution in [0.2, 0.25) is 0 Å². The third-order valence-corrected chi connectivity index (χ3v) is 2.07. The van der Waals surface area contributed by atoms with Gasteiger partial charge in [0.25, 0.3) is 0 Å². The van der Waals surface area contributed by atoms with Crippen molar-refractivity contribution in [2.75, 3.05) is 6.54 Å². The molecule has 3 nitrogen and oxygen atoms in total. The number of unbranched alkanes of at least 4 members (excludes halogenated alkanes) is 3. The number of hydrogen-bond donors (Lipinski definition) is 0. The minimum Gasteiger partial charge on any atom is -0.123 e. The van der Waals surface area contributed by atoms with Crippen LogP contribution in [0.15, 0.2) is 5.11 Å². The van der Waals surface area contributed by atoms with E-state index >= 15 is 0 Å². The van der Waals surface area contributed by atoms with Crippen LogP contribution in [0.3, 0.4) is 0 Å². The van der Waals surface area contributed by atoms with Gasteiger partial charge in [-0.2, -0.15) is 0 Å². The molecule has 0 aromatic rings. The molecule has 0 aromatic carbocycles. The van der Waals surface area contributed by atoms with E-state index in [1.807, 2.05) is 0 Å². The standard InChI is InChI=1S/C8H16ClN3/c1-2-3-4-5-6-8(9)7-11-12-10/h8H,2-7H2,1H3. The molecule has 0 radical (unpaired) electrons. The van der Waals surface area contributed by atoms with Crippen molar-refractivity contribution in [2.45, 2.75) is 44.4 Å². The fraction of sp³-hybridized carbons (Fsp3) is 1.00. The molecule has 0 saturated heterocycles. The van der Waals surface area contributed by atoms with E-state index in [9.17, 15) is 0 Å². The zero-order chi connectivity index (χ0) is 9.23. The molecule has 1 atom stereocenters. The lowest BCUT2D eigenvalue weighted by atomic mass is 10.1. The van der Waals surface area contributed by atoms with Crippen LogP contribution < -0.4 is 0 Å². The smallest absolute Gasteiger partial charge is 0.0422 e. The average molecular weight is 190 g/mol. The predicted octanol–water partition coefficient (Wildman–Crippen LogP) is 3.87. The molecule has 0 aliphatic heterocycles. The Bertz CT molecular complexity index is 143. The summed E-state index contributed by atoms with van der Waals surface area (Å²) in [6, 6.07) is 0. The Hall–Kier alpha value is -0.400. The average Bonchev–Trinajstić information content (AvgIpc) is 2.09. The van der Waals surface area contributed by atoms with Gasteiger partial charge in [0.05, 0.1) is 0 Å². The second kappa shape index (κ2) is 8.69. The molecular weight excluding hydrogens is 174 g/mol. The predicted molar refractivity (Wildman–Crippen MR) is 52.4 cm³/mol. The summed E-state index contributed by atoms with van der Waals surface area (Å²) in [4.78, 5) is 2.66. The summed E-state index contributed by atoms with van der Waals surface area (Å²) in [6.45, 7) is 2.60. The first-order valence-electron chi connectivity index (χ1n) is 4.46. The molecule has 1 unspecified atom stereocenters. The zero-order valence-corrected chi connectivity index (χ0v) is 8.30. The van der Waals surface area contributed by atoms with Crippen LogP contribution >= 0.6 is 11.6 Å². The number of nitrogens with zero attached hydrogens (tertiary/aromatic N) is 3. The van der Waals surface area contributed by atoms with Crippen molar-refractivity contribution in [1.82, 2.24) is 0 Å². The van der Waals surface area contributed by atoms with Gasteiger partial charge in [0.2, 0.25) is 0 Å². The van der Waals surface area contributed by atoms with E-state index in [4.69, 9.17) is 17.1 Å². The highest BCUT2D eigenvalue weighted by molar-refractivity contribution is 6.20. The topological polar surface area (TPSA) is 48.8 Å². The van der Waals surface area contributed by atoms with Crippen LogP contribution in [0, 0.1) is 0 Å². The fourth-order valence-corrected chi connectivity index (χ4v) is 1.23. The Morgan fingerprint density at radius 1 is 1.42 bits per heavy atom. The van der Waals surface area contributed by atoms with Crippen LogP contribution in [0.5, 0.6) is 0 Å². The van der Waals surface area contributed by atoms with Crippen molar-refractivity contribution in [3.05, 3.63) is 10.4 Å². The van der Waals surface area contributed by atoms with Gasteiger partial charge in [-0.1, -0.05) is 37.7 Å². The Labute approximate surface area is 78.7 Å². The minimum absolute atomic E-state index is 0.0257. The highest BCUT2D eigenvalue weighted by Gasteiger charge is 2.01. The van der Waals surface area contributed by atoms with E-state index in [1.54, 1.807) is 0 Å². The van der Waals surface area contributed by atoms with Crippen molar-refractivity contribution in [2.24, 2.45) is 5.11 Å². The van der Waals surface area contributed by atoms with E-state index in [1.165, 1.54) is 19.3 Å². The van der Waals surface area contributed by atoms with Gasteiger partial charge in [-0.05, 0) is 12.0 Å². The Kier molecular flexibility index (Phi) is 8.40. The van der Waals surface area contributed by atoms with Crippen LogP contribution in [-0.2, 0) is 0 Å². The maximum atomic E-state index is 8.02. The normalized spacial score (nSPS) is 12.2. The van der Waals surface area contributed by atoms with Gasteiger partial charge in [-0.15, -0.1) is 11.6 Å². The molecule has 0 bridgehead atoms. The van der Waals surface area contributed by atoms with Crippen LogP contribution in [-0.4, -0.2) is 11.9 Å². The summed E-state index contributed by atoms with van der Waals surface area (Å²) in [5, 5.41) is 3.44. The first kappa shape index (κ1) is 11.6. The Morgan fingerprint density at radius 2 is 2.17 bits per heavy atom. The van der Waals surface area contributed by atoms with Crippen LogP contribution in [0.4, 0.5) is 0 Å². The molecule has 0 aromatic heterocycles. The summed E-state index contributed by atoms with van der Waals surface area (Å²) < 4.78 is 0. The largest absolute Gasteiger partial charge is 0.123 e. The molecule has 0 spiro atoms. The number of alkyl halides is 1. The van der Waals surface area contributed by atoms with Gasteiger partial charge < -0.3 is 0 Å². The number of halogens is 1. The van der Waals surface area contributed by atoms with Gasteiger partial charge in [-0.3, -0.25) is 0 Å². The van der Waals surface area contributed by atoms with E-state index < -0.39 is 0 Å². The second-order valence-electron chi connectivity index (χ2n) is 2.86. The Morgan fingerprint density at radius 3 is 2.75 bits per heavy atom. The van der Waals surface area contributed by atoms with Crippen molar-refractivity contribution >= 4 is 11.6 Å². The van der Waals surface area contributed by atoms with Crippen molar-refractivity contribution in [1.29, 1.82) is 0 Å². The molecule has 0 aliphatic carbocycles. The molecule has 0 amide bonds. The van der Waals surface area contributed by atoms with Gasteiger partial charge >= 0.3 is 0 Å². The molecule has 0 aliphatic rings. The van der Waals surface area contributed by atoms with Crippen molar-refractivity contribution < 1.29 is 0 Å². The molecule has 0 heterocycles. The number of azide groups is 1. The first-order chi connectivity index (χ1) is 5.81. The molecule has 70 valence electrons. The van der Waals surface area contributed by atoms with Gasteiger partial charge in [0.15, 0.2) is 0 Å². The molecule has 0 fully saturated rings. The summed E-state index contributed by atoms with van der Waals surface area (Å²) in [5.41, 5.74) is 8.02. The molecule has 0 saturated carbocycles. The van der Waals surface area contributed by atoms with E-state index in [-0.39, 0.29) is 5.38 Å². The lowest BCUT2D eigenvalue weighted by Gasteiger charge is -2.04. The van der Waals surface area contributed by atoms with Crippen LogP contribution in [0.25, 0.3) is 10.4 Å². The Balaban J connectivity index is 3.18. The number of rotatable bonds is 7. The quantitative estimate of drug-likeness (QED) is 0.192. The third-order valence-electron chi connectivity index (χ3n) is 1.71. The first-order valence-corrected chi connectivity index (χ1v) is 4.89. The monoisotopic (exact) mass is 189 g/mol. The number of hydrogen-bond acceptors (Lipinski definition) is 1. The lowest BCUT2D eigenvalue weighted by molar-refractivity contribution is 0.615. The van der Waals surface area contributed by atoms with Gasteiger partial charge in [0, 0.05) is 16.8 Å². The van der Waals surface area contributed by atoms with Crippen LogP contribution in [0.1, 0.15) is 39.0 Å². The highest BCUT2D eigenvalue weighted by atomic mass is 35.5. The molecule has 4 heteroatoms. The summed E-state index contributed by atoms with van der Waals surface area (Å²) >= 11 is 5.87. The maximum absolute atomic E-state index is 8.02. The van der Waals surface area contributed by atoms with Gasteiger partial charge in [-0.25, -0.2) is 0 Å². The second-order valence-corrected chi connectivity index (χ2v) is 3.48. The summed E-state index contributed by atoms with van der Waals surface area (Å²) in [7, 11) is 0. The highest BCUT2D eigenvalue weighted by Crippen LogP contribution is 2.10. The fourth-order valence-electron chi connectivity index (χ4n) is 1.01. The van der Waals surface area contributed by atoms with Crippen molar-refractivity contribution in [3.8, 4) is 0 Å². The lowest BCUT2D eigenvalue weighted by Crippen LogP contribution is -2.01. The summed E-state index contributed by atoms with van der Waals surface area (Å²) in [5.74, 6) is 0. The van der Waals surface area contributed by atoms with E-state index in [0.717, 1.165) is 12.8 Å². The third kappa shape index (κ3) is 7.70. The molecular formula is C8H16ClN3. The maximum Gasteiger partial charge on any atom is 0.0422 e. The molecule has 0 N–H and O–H groups in total. The van der Waals surface area contributed by atoms with E-state index in [2.05, 4.69) is 16.9 Å². The van der Waals surface area contributed by atoms with Gasteiger partial charge in [0.1, 0.15) is 0 Å². The van der Waals surface area contributed by atoms with Crippen molar-refractivity contribution in [3.63, 3.8) is 0 Å².